The number of nitrogens with zero attached hydrogens (tertiary/aromatic N) is 3. The zero-order valence-corrected chi connectivity index (χ0v) is 13.6. The predicted octanol–water partition coefficient (Wildman–Crippen LogP) is 2.78. The van der Waals surface area contributed by atoms with Crippen molar-refractivity contribution in [1.82, 2.24) is 10.3 Å². The number of amides is 2. The highest BCUT2D eigenvalue weighted by Gasteiger charge is 2.22. The normalized spacial score (nSPS) is 14.8. The lowest BCUT2D eigenvalue weighted by Gasteiger charge is -2.33. The molecule has 0 spiro atoms. The quantitative estimate of drug-likeness (QED) is 0.658. The fourth-order valence-corrected chi connectivity index (χ4v) is 2.92. The fourth-order valence-electron chi connectivity index (χ4n) is 2.92. The summed E-state index contributed by atoms with van der Waals surface area (Å²) in [6.07, 6.45) is 5.15. The maximum absolute atomic E-state index is 12.1. The monoisotopic (exact) mass is 341 g/mol. The molecule has 2 aromatic rings. The molecule has 0 atom stereocenters. The molecule has 2 heterocycles. The van der Waals surface area contributed by atoms with Crippen LogP contribution in [0.4, 0.5) is 21.9 Å². The average Bonchev–Trinajstić information content (AvgIpc) is 2.63. The van der Waals surface area contributed by atoms with E-state index in [2.05, 4.69) is 20.5 Å². The predicted molar refractivity (Wildman–Crippen MR) is 94.7 cm³/mol. The summed E-state index contributed by atoms with van der Waals surface area (Å²) in [6, 6.07) is 9.65. The van der Waals surface area contributed by atoms with Crippen LogP contribution in [0.15, 0.2) is 48.8 Å². The number of carbonyl (C=O) groups excluding carboxylic acids is 1. The minimum atomic E-state index is -0.511. The van der Waals surface area contributed by atoms with Gasteiger partial charge in [0.05, 0.1) is 4.92 Å². The van der Waals surface area contributed by atoms with Crippen LogP contribution in [0, 0.1) is 10.1 Å². The molecule has 1 aromatic carbocycles. The number of nitrogens with one attached hydrogen (secondary N) is 2. The van der Waals surface area contributed by atoms with Gasteiger partial charge in [-0.25, -0.2) is 4.79 Å². The molecular weight excluding hydrogens is 322 g/mol. The molecule has 8 nitrogen and oxygen atoms in total. The van der Waals surface area contributed by atoms with Crippen LogP contribution in [0.5, 0.6) is 0 Å². The Morgan fingerprint density at radius 3 is 2.52 bits per heavy atom. The van der Waals surface area contributed by atoms with Gasteiger partial charge in [-0.2, -0.15) is 0 Å². The number of pyridine rings is 1. The summed E-state index contributed by atoms with van der Waals surface area (Å²) in [4.78, 5) is 28.9. The van der Waals surface area contributed by atoms with Gasteiger partial charge in [-0.15, -0.1) is 0 Å². The Hall–Kier alpha value is -3.16. The first-order chi connectivity index (χ1) is 12.1. The summed E-state index contributed by atoms with van der Waals surface area (Å²) < 4.78 is 0. The van der Waals surface area contributed by atoms with Crippen LogP contribution in [0.25, 0.3) is 0 Å². The van der Waals surface area contributed by atoms with E-state index in [0.717, 1.165) is 31.6 Å². The fraction of sp³-hybridized carbons (Fsp3) is 0.294. The molecule has 1 aliphatic rings. The number of benzene rings is 1. The van der Waals surface area contributed by atoms with Crippen LogP contribution < -0.4 is 15.5 Å². The number of hydrogen-bond donors (Lipinski definition) is 2. The second-order valence-electron chi connectivity index (χ2n) is 5.84. The lowest BCUT2D eigenvalue weighted by Crippen LogP contribution is -2.46. The van der Waals surface area contributed by atoms with Crippen molar-refractivity contribution in [3.05, 3.63) is 58.9 Å². The number of anilines is 2. The van der Waals surface area contributed by atoms with Crippen molar-refractivity contribution in [1.29, 1.82) is 0 Å². The highest BCUT2D eigenvalue weighted by atomic mass is 16.6. The molecule has 0 saturated carbocycles. The van der Waals surface area contributed by atoms with E-state index in [1.54, 1.807) is 24.5 Å². The molecule has 3 rings (SSSR count). The third-order valence-electron chi connectivity index (χ3n) is 4.21. The molecule has 2 N–H and O–H groups in total. The number of aromatic nitrogens is 1. The van der Waals surface area contributed by atoms with Gasteiger partial charge < -0.3 is 15.5 Å². The third-order valence-corrected chi connectivity index (χ3v) is 4.21. The molecule has 1 aromatic heterocycles. The molecule has 8 heteroatoms. The molecule has 130 valence electrons. The van der Waals surface area contributed by atoms with E-state index < -0.39 is 11.0 Å². The first-order valence-electron chi connectivity index (χ1n) is 8.09. The molecule has 1 aliphatic heterocycles. The second-order valence-corrected chi connectivity index (χ2v) is 5.84. The SMILES string of the molecule is O=C(Nc1ccccc1[N+](=O)[O-])NC1CCN(c2ccncc2)CC1. The first-order valence-corrected chi connectivity index (χ1v) is 8.09. The molecular formula is C17H19N5O3. The Balaban J connectivity index is 1.52. The summed E-state index contributed by atoms with van der Waals surface area (Å²) in [7, 11) is 0. The van der Waals surface area contributed by atoms with Gasteiger partial charge in [0.1, 0.15) is 5.69 Å². The largest absolute Gasteiger partial charge is 0.371 e. The van der Waals surface area contributed by atoms with Gasteiger partial charge in [-0.05, 0) is 31.0 Å². The molecule has 0 unspecified atom stereocenters. The van der Waals surface area contributed by atoms with Gasteiger partial charge in [0.2, 0.25) is 0 Å². The van der Waals surface area contributed by atoms with Gasteiger partial charge >= 0.3 is 6.03 Å². The van der Waals surface area contributed by atoms with Crippen molar-refractivity contribution in [2.75, 3.05) is 23.3 Å². The van der Waals surface area contributed by atoms with E-state index >= 15 is 0 Å². The molecule has 0 radical (unpaired) electrons. The summed E-state index contributed by atoms with van der Waals surface area (Å²) in [6.45, 7) is 1.67. The van der Waals surface area contributed by atoms with Crippen molar-refractivity contribution in [2.24, 2.45) is 0 Å². The van der Waals surface area contributed by atoms with Crippen molar-refractivity contribution in [2.45, 2.75) is 18.9 Å². The van der Waals surface area contributed by atoms with Gasteiger partial charge in [-0.1, -0.05) is 12.1 Å². The number of hydrogen-bond acceptors (Lipinski definition) is 5. The summed E-state index contributed by atoms with van der Waals surface area (Å²) >= 11 is 0. The smallest absolute Gasteiger partial charge is 0.319 e. The third kappa shape index (κ3) is 4.23. The highest BCUT2D eigenvalue weighted by molar-refractivity contribution is 5.91. The zero-order chi connectivity index (χ0) is 17.6. The standard InChI is InChI=1S/C17H19N5O3/c23-17(20-15-3-1-2-4-16(15)22(24)25)19-13-7-11-21(12-8-13)14-5-9-18-10-6-14/h1-6,9-10,13H,7-8,11-12H2,(H2,19,20,23). The van der Waals surface area contributed by atoms with Crippen LogP contribution in [0.1, 0.15) is 12.8 Å². The average molecular weight is 341 g/mol. The van der Waals surface area contributed by atoms with E-state index in [-0.39, 0.29) is 17.4 Å². The van der Waals surface area contributed by atoms with Gasteiger partial charge in [-0.3, -0.25) is 15.1 Å². The van der Waals surface area contributed by atoms with E-state index in [1.807, 2.05) is 12.1 Å². The first kappa shape index (κ1) is 16.7. The number of carbonyl (C=O) groups is 1. The number of rotatable bonds is 4. The molecule has 25 heavy (non-hydrogen) atoms. The van der Waals surface area contributed by atoms with Crippen LogP contribution in [0.2, 0.25) is 0 Å². The Morgan fingerprint density at radius 1 is 1.16 bits per heavy atom. The molecule has 1 saturated heterocycles. The highest BCUT2D eigenvalue weighted by Crippen LogP contribution is 2.23. The van der Waals surface area contributed by atoms with Crippen molar-refractivity contribution < 1.29 is 9.72 Å². The summed E-state index contributed by atoms with van der Waals surface area (Å²) in [5.41, 5.74) is 1.20. The maximum atomic E-state index is 12.1. The van der Waals surface area contributed by atoms with Crippen molar-refractivity contribution in [3.8, 4) is 0 Å². The Kier molecular flexibility index (Phi) is 5.08. The van der Waals surface area contributed by atoms with Crippen LogP contribution >= 0.6 is 0 Å². The van der Waals surface area contributed by atoms with Crippen LogP contribution in [-0.4, -0.2) is 35.1 Å². The Morgan fingerprint density at radius 2 is 1.84 bits per heavy atom. The van der Waals surface area contributed by atoms with Crippen molar-refractivity contribution in [3.63, 3.8) is 0 Å². The summed E-state index contributed by atoms with van der Waals surface area (Å²) in [5.74, 6) is 0. The molecule has 0 aliphatic carbocycles. The number of para-hydroxylation sites is 2. The number of urea groups is 1. The van der Waals surface area contributed by atoms with Crippen LogP contribution in [0.3, 0.4) is 0 Å². The van der Waals surface area contributed by atoms with Gasteiger partial charge in [0.25, 0.3) is 5.69 Å². The molecule has 0 bridgehead atoms. The number of nitro benzene ring substituents is 1. The Labute approximate surface area is 145 Å². The van der Waals surface area contributed by atoms with Gasteiger partial charge in [0.15, 0.2) is 0 Å². The lowest BCUT2D eigenvalue weighted by atomic mass is 10.0. The summed E-state index contributed by atoms with van der Waals surface area (Å²) in [5, 5.41) is 16.5. The van der Waals surface area contributed by atoms with Crippen LogP contribution in [-0.2, 0) is 0 Å². The van der Waals surface area contributed by atoms with Gasteiger partial charge in [0, 0.05) is 43.3 Å². The maximum Gasteiger partial charge on any atom is 0.319 e. The zero-order valence-electron chi connectivity index (χ0n) is 13.6. The molecule has 1 fully saturated rings. The molecule has 2 amide bonds. The minimum absolute atomic E-state index is 0.0425. The van der Waals surface area contributed by atoms with Crippen molar-refractivity contribution >= 4 is 23.1 Å². The minimum Gasteiger partial charge on any atom is -0.371 e. The second kappa shape index (κ2) is 7.61. The Bertz CT molecular complexity index is 745. The van der Waals surface area contributed by atoms with E-state index in [4.69, 9.17) is 0 Å². The topological polar surface area (TPSA) is 100 Å². The number of piperidine rings is 1. The van der Waals surface area contributed by atoms with E-state index in [0.29, 0.717) is 0 Å². The van der Waals surface area contributed by atoms with E-state index in [1.165, 1.54) is 12.1 Å². The van der Waals surface area contributed by atoms with E-state index in [9.17, 15) is 14.9 Å². The number of nitro groups is 1. The lowest BCUT2D eigenvalue weighted by molar-refractivity contribution is -0.383.